The maximum absolute atomic E-state index is 13.2. The van der Waals surface area contributed by atoms with Crippen molar-refractivity contribution in [1.82, 2.24) is 4.40 Å². The molecule has 3 aromatic rings. The lowest BCUT2D eigenvalue weighted by molar-refractivity contribution is 0.628. The van der Waals surface area contributed by atoms with Crippen molar-refractivity contribution >= 4 is 23.0 Å². The third kappa shape index (κ3) is 2.37. The molecule has 0 spiro atoms. The van der Waals surface area contributed by atoms with E-state index < -0.39 is 0 Å². The minimum Gasteiger partial charge on any atom is -0.368 e. The van der Waals surface area contributed by atoms with E-state index in [1.165, 1.54) is 34.8 Å². The maximum atomic E-state index is 13.2. The maximum Gasteiger partial charge on any atom is 0.123 e. The fourth-order valence-corrected chi connectivity index (χ4v) is 3.94. The van der Waals surface area contributed by atoms with Gasteiger partial charge in [0.1, 0.15) is 5.82 Å². The predicted molar refractivity (Wildman–Crippen MR) is 92.3 cm³/mol. The van der Waals surface area contributed by atoms with Crippen molar-refractivity contribution in [3.05, 3.63) is 60.5 Å². The van der Waals surface area contributed by atoms with Crippen LogP contribution in [0.5, 0.6) is 0 Å². The summed E-state index contributed by atoms with van der Waals surface area (Å²) in [6, 6.07) is 15.2. The molecule has 1 fully saturated rings. The Bertz CT molecular complexity index is 788. The molecular formula is C18H17FN2S. The van der Waals surface area contributed by atoms with Crippen LogP contribution < -0.4 is 4.90 Å². The van der Waals surface area contributed by atoms with Crippen molar-refractivity contribution in [3.8, 4) is 11.3 Å². The predicted octanol–water partition coefficient (Wildman–Crippen LogP) is 4.30. The Morgan fingerprint density at radius 1 is 0.955 bits per heavy atom. The number of anilines is 1. The molecule has 3 heterocycles. The Labute approximate surface area is 133 Å². The molecule has 22 heavy (non-hydrogen) atoms. The number of nitrogens with zero attached hydrogens (tertiary/aromatic N) is 2. The number of hydrogen-bond acceptors (Lipinski definition) is 2. The van der Waals surface area contributed by atoms with E-state index >= 15 is 0 Å². The average molecular weight is 312 g/mol. The lowest BCUT2D eigenvalue weighted by Gasteiger charge is -2.27. The fourth-order valence-electron chi connectivity index (χ4n) is 3.04. The zero-order valence-corrected chi connectivity index (χ0v) is 13.0. The van der Waals surface area contributed by atoms with Gasteiger partial charge >= 0.3 is 0 Å². The number of pyridine rings is 1. The van der Waals surface area contributed by atoms with Crippen LogP contribution in [0.4, 0.5) is 10.1 Å². The van der Waals surface area contributed by atoms with Crippen LogP contribution >= 0.6 is 11.8 Å². The van der Waals surface area contributed by atoms with Gasteiger partial charge in [-0.2, -0.15) is 11.8 Å². The van der Waals surface area contributed by atoms with Gasteiger partial charge < -0.3 is 9.30 Å². The molecule has 1 saturated heterocycles. The quantitative estimate of drug-likeness (QED) is 0.697. The minimum absolute atomic E-state index is 0.196. The summed E-state index contributed by atoms with van der Waals surface area (Å²) in [5.74, 6) is 2.16. The third-order valence-corrected chi connectivity index (χ3v) is 5.09. The van der Waals surface area contributed by atoms with Crippen LogP contribution in [0.3, 0.4) is 0 Å². The Balaban J connectivity index is 1.86. The summed E-state index contributed by atoms with van der Waals surface area (Å²) in [4.78, 5) is 2.46. The number of benzene rings is 1. The van der Waals surface area contributed by atoms with Crippen LogP contribution in [0, 0.1) is 5.82 Å². The van der Waals surface area contributed by atoms with Gasteiger partial charge in [0.2, 0.25) is 0 Å². The molecule has 112 valence electrons. The SMILES string of the molecule is Fc1ccc(-c2cc(N3CCSCC3)c3ccccn23)cc1. The van der Waals surface area contributed by atoms with Crippen molar-refractivity contribution in [1.29, 1.82) is 0 Å². The molecule has 0 amide bonds. The van der Waals surface area contributed by atoms with E-state index in [-0.39, 0.29) is 5.82 Å². The third-order valence-electron chi connectivity index (χ3n) is 4.15. The normalized spacial score (nSPS) is 15.4. The average Bonchev–Trinajstić information content (AvgIpc) is 2.96. The fraction of sp³-hybridized carbons (Fsp3) is 0.222. The zero-order chi connectivity index (χ0) is 14.9. The molecule has 1 aliphatic rings. The monoisotopic (exact) mass is 312 g/mol. The summed E-state index contributed by atoms with van der Waals surface area (Å²) >= 11 is 2.01. The zero-order valence-electron chi connectivity index (χ0n) is 12.2. The molecule has 4 heteroatoms. The molecule has 0 atom stereocenters. The topological polar surface area (TPSA) is 7.65 Å². The number of halogens is 1. The molecule has 0 radical (unpaired) electrons. The molecule has 0 bridgehead atoms. The van der Waals surface area contributed by atoms with Gasteiger partial charge in [-0.3, -0.25) is 0 Å². The number of rotatable bonds is 2. The molecular weight excluding hydrogens is 295 g/mol. The van der Waals surface area contributed by atoms with Gasteiger partial charge in [0.05, 0.1) is 16.9 Å². The van der Waals surface area contributed by atoms with E-state index in [0.717, 1.165) is 24.3 Å². The van der Waals surface area contributed by atoms with Crippen molar-refractivity contribution in [3.63, 3.8) is 0 Å². The first-order valence-corrected chi connectivity index (χ1v) is 8.67. The highest BCUT2D eigenvalue weighted by Gasteiger charge is 2.17. The molecule has 1 aromatic carbocycles. The molecule has 0 aliphatic carbocycles. The van der Waals surface area contributed by atoms with Crippen LogP contribution in [0.15, 0.2) is 54.7 Å². The van der Waals surface area contributed by atoms with E-state index in [2.05, 4.69) is 33.7 Å². The van der Waals surface area contributed by atoms with Gasteiger partial charge in [0.15, 0.2) is 0 Å². The first-order valence-electron chi connectivity index (χ1n) is 7.52. The Hall–Kier alpha value is -1.94. The summed E-state index contributed by atoms with van der Waals surface area (Å²) in [6.45, 7) is 2.17. The minimum atomic E-state index is -0.196. The van der Waals surface area contributed by atoms with E-state index in [0.29, 0.717) is 0 Å². The molecule has 2 aromatic heterocycles. The van der Waals surface area contributed by atoms with Crippen LogP contribution in [0.2, 0.25) is 0 Å². The molecule has 0 saturated carbocycles. The van der Waals surface area contributed by atoms with Gasteiger partial charge in [-0.1, -0.05) is 6.07 Å². The second-order valence-corrected chi connectivity index (χ2v) is 6.70. The van der Waals surface area contributed by atoms with Gasteiger partial charge in [0, 0.05) is 30.8 Å². The highest BCUT2D eigenvalue weighted by atomic mass is 32.2. The van der Waals surface area contributed by atoms with Crippen LogP contribution in [0.1, 0.15) is 0 Å². The lowest BCUT2D eigenvalue weighted by atomic mass is 10.1. The number of hydrogen-bond donors (Lipinski definition) is 0. The molecule has 0 unspecified atom stereocenters. The summed E-state index contributed by atoms with van der Waals surface area (Å²) in [6.07, 6.45) is 2.08. The number of thioether (sulfide) groups is 1. The van der Waals surface area contributed by atoms with Crippen LogP contribution in [-0.4, -0.2) is 29.0 Å². The van der Waals surface area contributed by atoms with Crippen LogP contribution in [-0.2, 0) is 0 Å². The van der Waals surface area contributed by atoms with E-state index in [4.69, 9.17) is 0 Å². The first-order chi connectivity index (χ1) is 10.8. The first kappa shape index (κ1) is 13.7. The largest absolute Gasteiger partial charge is 0.368 e. The Morgan fingerprint density at radius 3 is 2.50 bits per heavy atom. The van der Waals surface area contributed by atoms with Gasteiger partial charge in [-0.15, -0.1) is 0 Å². The molecule has 2 nitrogen and oxygen atoms in total. The van der Waals surface area contributed by atoms with E-state index in [1.54, 1.807) is 0 Å². The summed E-state index contributed by atoms with van der Waals surface area (Å²) < 4.78 is 15.4. The van der Waals surface area contributed by atoms with E-state index in [9.17, 15) is 4.39 Å². The summed E-state index contributed by atoms with van der Waals surface area (Å²) in [5.41, 5.74) is 4.65. The highest BCUT2D eigenvalue weighted by Crippen LogP contribution is 2.33. The molecule has 0 N–H and O–H groups in total. The van der Waals surface area contributed by atoms with Crippen LogP contribution in [0.25, 0.3) is 16.8 Å². The Kier molecular flexibility index (Phi) is 3.54. The van der Waals surface area contributed by atoms with Gasteiger partial charge in [-0.05, 0) is 48.0 Å². The van der Waals surface area contributed by atoms with Gasteiger partial charge in [0.25, 0.3) is 0 Å². The Morgan fingerprint density at radius 2 is 1.73 bits per heavy atom. The van der Waals surface area contributed by atoms with E-state index in [1.807, 2.05) is 30.0 Å². The molecule has 1 aliphatic heterocycles. The second-order valence-electron chi connectivity index (χ2n) is 5.48. The summed E-state index contributed by atoms with van der Waals surface area (Å²) in [5, 5.41) is 0. The van der Waals surface area contributed by atoms with Crippen molar-refractivity contribution < 1.29 is 4.39 Å². The van der Waals surface area contributed by atoms with Crippen molar-refractivity contribution in [2.75, 3.05) is 29.5 Å². The summed E-state index contributed by atoms with van der Waals surface area (Å²) in [7, 11) is 0. The number of aromatic nitrogens is 1. The molecule has 4 rings (SSSR count). The lowest BCUT2D eigenvalue weighted by Crippen LogP contribution is -2.32. The van der Waals surface area contributed by atoms with Gasteiger partial charge in [-0.25, -0.2) is 4.39 Å². The standard InChI is InChI=1S/C18H17FN2S/c19-15-6-4-14(5-7-15)17-13-18(20-9-11-22-12-10-20)16-3-1-2-8-21(16)17/h1-8,13H,9-12H2. The van der Waals surface area contributed by atoms with Crippen molar-refractivity contribution in [2.45, 2.75) is 0 Å². The smallest absolute Gasteiger partial charge is 0.123 e. The second kappa shape index (κ2) is 5.69. The highest BCUT2D eigenvalue weighted by molar-refractivity contribution is 7.99. The van der Waals surface area contributed by atoms with Crippen molar-refractivity contribution in [2.24, 2.45) is 0 Å². The number of fused-ring (bicyclic) bond motifs is 1.